The van der Waals surface area contributed by atoms with Crippen LogP contribution in [-0.2, 0) is 11.8 Å². The number of imidazole rings is 1. The van der Waals surface area contributed by atoms with Crippen LogP contribution in [0.25, 0.3) is 0 Å². The van der Waals surface area contributed by atoms with Gasteiger partial charge in [-0.1, -0.05) is 0 Å². The maximum atomic E-state index is 5.41. The van der Waals surface area contributed by atoms with Crippen molar-refractivity contribution in [1.29, 1.82) is 0 Å². The zero-order chi connectivity index (χ0) is 11.5. The Labute approximate surface area is 97.0 Å². The first-order valence-corrected chi connectivity index (χ1v) is 5.99. The molecule has 2 heterocycles. The van der Waals surface area contributed by atoms with Crippen molar-refractivity contribution in [2.75, 3.05) is 13.2 Å². The average Bonchev–Trinajstić information content (AvgIpc) is 2.86. The molecule has 3 unspecified atom stereocenters. The zero-order valence-corrected chi connectivity index (χ0v) is 10.3. The van der Waals surface area contributed by atoms with Gasteiger partial charge in [0.05, 0.1) is 12.6 Å². The Kier molecular flexibility index (Phi) is 3.61. The first-order chi connectivity index (χ1) is 7.68. The third-order valence-electron chi connectivity index (χ3n) is 3.43. The van der Waals surface area contributed by atoms with Gasteiger partial charge >= 0.3 is 0 Å². The van der Waals surface area contributed by atoms with Crippen LogP contribution in [0.15, 0.2) is 12.4 Å². The standard InChI is InChI=1S/C12H21N3O/c1-9(11-4-7-16-8-11)14-10(2)12-13-5-6-15(12)3/h5-6,9-11,14H,4,7-8H2,1-3H3. The lowest BCUT2D eigenvalue weighted by molar-refractivity contribution is 0.176. The molecule has 3 atom stereocenters. The minimum Gasteiger partial charge on any atom is -0.381 e. The minimum atomic E-state index is 0.288. The molecule has 90 valence electrons. The van der Waals surface area contributed by atoms with Gasteiger partial charge in [0.1, 0.15) is 5.82 Å². The molecule has 1 saturated heterocycles. The average molecular weight is 223 g/mol. The summed E-state index contributed by atoms with van der Waals surface area (Å²) in [6, 6.07) is 0.768. The van der Waals surface area contributed by atoms with Gasteiger partial charge in [-0.3, -0.25) is 0 Å². The predicted octanol–water partition coefficient (Wildman–Crippen LogP) is 1.50. The third kappa shape index (κ3) is 2.44. The minimum absolute atomic E-state index is 0.288. The van der Waals surface area contributed by atoms with Crippen molar-refractivity contribution in [1.82, 2.24) is 14.9 Å². The second kappa shape index (κ2) is 4.97. The molecule has 1 aliphatic heterocycles. The molecular formula is C12H21N3O. The molecule has 2 rings (SSSR count). The molecule has 0 amide bonds. The highest BCUT2D eigenvalue weighted by Crippen LogP contribution is 2.19. The van der Waals surface area contributed by atoms with E-state index in [0.29, 0.717) is 12.0 Å². The lowest BCUT2D eigenvalue weighted by atomic mass is 10.00. The maximum absolute atomic E-state index is 5.41. The van der Waals surface area contributed by atoms with E-state index in [9.17, 15) is 0 Å². The highest BCUT2D eigenvalue weighted by atomic mass is 16.5. The molecular weight excluding hydrogens is 202 g/mol. The van der Waals surface area contributed by atoms with Crippen LogP contribution in [0.3, 0.4) is 0 Å². The summed E-state index contributed by atoms with van der Waals surface area (Å²) in [6.07, 6.45) is 5.00. The molecule has 1 fully saturated rings. The largest absolute Gasteiger partial charge is 0.381 e. The summed E-state index contributed by atoms with van der Waals surface area (Å²) in [7, 11) is 2.03. The van der Waals surface area contributed by atoms with Crippen molar-refractivity contribution < 1.29 is 4.74 Å². The molecule has 1 aromatic heterocycles. The molecule has 0 aliphatic carbocycles. The van der Waals surface area contributed by atoms with E-state index < -0.39 is 0 Å². The summed E-state index contributed by atoms with van der Waals surface area (Å²) in [6.45, 7) is 6.20. The Balaban J connectivity index is 1.91. The van der Waals surface area contributed by atoms with E-state index in [1.54, 1.807) is 0 Å². The number of nitrogens with zero attached hydrogens (tertiary/aromatic N) is 2. The number of nitrogens with one attached hydrogen (secondary N) is 1. The molecule has 4 nitrogen and oxygen atoms in total. The second-order valence-corrected chi connectivity index (χ2v) is 4.70. The molecule has 0 saturated carbocycles. The molecule has 0 radical (unpaired) electrons. The van der Waals surface area contributed by atoms with Crippen LogP contribution in [0.5, 0.6) is 0 Å². The van der Waals surface area contributed by atoms with Gasteiger partial charge in [0, 0.05) is 32.1 Å². The van der Waals surface area contributed by atoms with Crippen LogP contribution in [0, 0.1) is 5.92 Å². The van der Waals surface area contributed by atoms with Gasteiger partial charge in [-0.15, -0.1) is 0 Å². The van der Waals surface area contributed by atoms with E-state index in [0.717, 1.165) is 19.0 Å². The monoisotopic (exact) mass is 223 g/mol. The summed E-state index contributed by atoms with van der Waals surface area (Å²) in [5.41, 5.74) is 0. The predicted molar refractivity (Wildman–Crippen MR) is 63.1 cm³/mol. The van der Waals surface area contributed by atoms with Crippen LogP contribution in [0.4, 0.5) is 0 Å². The van der Waals surface area contributed by atoms with Crippen molar-refractivity contribution in [3.8, 4) is 0 Å². The number of hydrogen-bond acceptors (Lipinski definition) is 3. The van der Waals surface area contributed by atoms with Crippen LogP contribution >= 0.6 is 0 Å². The Morgan fingerprint density at radius 1 is 1.56 bits per heavy atom. The Hall–Kier alpha value is -0.870. The first kappa shape index (κ1) is 11.6. The van der Waals surface area contributed by atoms with Crippen molar-refractivity contribution in [3.63, 3.8) is 0 Å². The molecule has 1 aromatic rings. The van der Waals surface area contributed by atoms with Crippen molar-refractivity contribution >= 4 is 0 Å². The molecule has 1 aliphatic rings. The van der Waals surface area contributed by atoms with Crippen molar-refractivity contribution in [3.05, 3.63) is 18.2 Å². The fraction of sp³-hybridized carbons (Fsp3) is 0.750. The van der Waals surface area contributed by atoms with Crippen molar-refractivity contribution in [2.45, 2.75) is 32.4 Å². The third-order valence-corrected chi connectivity index (χ3v) is 3.43. The quantitative estimate of drug-likeness (QED) is 0.840. The highest BCUT2D eigenvalue weighted by Gasteiger charge is 2.24. The summed E-state index contributed by atoms with van der Waals surface area (Å²) < 4.78 is 7.48. The lowest BCUT2D eigenvalue weighted by Crippen LogP contribution is -2.36. The van der Waals surface area contributed by atoms with Gasteiger partial charge in [0.25, 0.3) is 0 Å². The number of aromatic nitrogens is 2. The molecule has 0 spiro atoms. The molecule has 1 N–H and O–H groups in total. The summed E-state index contributed by atoms with van der Waals surface area (Å²) >= 11 is 0. The number of ether oxygens (including phenoxy) is 1. The second-order valence-electron chi connectivity index (χ2n) is 4.70. The Morgan fingerprint density at radius 3 is 2.94 bits per heavy atom. The van der Waals surface area contributed by atoms with Crippen LogP contribution in [0.2, 0.25) is 0 Å². The number of hydrogen-bond donors (Lipinski definition) is 1. The van der Waals surface area contributed by atoms with Gasteiger partial charge in [-0.2, -0.15) is 0 Å². The zero-order valence-electron chi connectivity index (χ0n) is 10.3. The Morgan fingerprint density at radius 2 is 2.38 bits per heavy atom. The Bertz CT molecular complexity index is 331. The van der Waals surface area contributed by atoms with E-state index in [2.05, 4.69) is 28.7 Å². The van der Waals surface area contributed by atoms with E-state index in [4.69, 9.17) is 4.74 Å². The van der Waals surface area contributed by atoms with Gasteiger partial charge < -0.3 is 14.6 Å². The van der Waals surface area contributed by atoms with E-state index >= 15 is 0 Å². The number of aryl methyl sites for hydroxylation is 1. The van der Waals surface area contributed by atoms with E-state index in [1.165, 1.54) is 6.42 Å². The van der Waals surface area contributed by atoms with Crippen LogP contribution in [-0.4, -0.2) is 28.8 Å². The lowest BCUT2D eigenvalue weighted by Gasteiger charge is -2.23. The molecule has 0 aromatic carbocycles. The SMILES string of the molecule is CC(NC(C)C1CCOC1)c1nccn1C. The summed E-state index contributed by atoms with van der Waals surface area (Å²) in [5, 5.41) is 3.60. The van der Waals surface area contributed by atoms with E-state index in [-0.39, 0.29) is 6.04 Å². The molecule has 16 heavy (non-hydrogen) atoms. The topological polar surface area (TPSA) is 39.1 Å². The fourth-order valence-corrected chi connectivity index (χ4v) is 2.35. The highest BCUT2D eigenvalue weighted by molar-refractivity contribution is 4.98. The molecule has 0 bridgehead atoms. The maximum Gasteiger partial charge on any atom is 0.125 e. The van der Waals surface area contributed by atoms with Gasteiger partial charge in [-0.05, 0) is 26.2 Å². The first-order valence-electron chi connectivity index (χ1n) is 5.99. The van der Waals surface area contributed by atoms with E-state index in [1.807, 2.05) is 19.4 Å². The smallest absolute Gasteiger partial charge is 0.125 e. The fourth-order valence-electron chi connectivity index (χ4n) is 2.35. The summed E-state index contributed by atoms with van der Waals surface area (Å²) in [5.74, 6) is 1.73. The summed E-state index contributed by atoms with van der Waals surface area (Å²) in [4.78, 5) is 4.36. The number of rotatable bonds is 4. The van der Waals surface area contributed by atoms with Crippen LogP contribution in [0.1, 0.15) is 32.1 Å². The molecule has 4 heteroatoms. The van der Waals surface area contributed by atoms with Gasteiger partial charge in [0.15, 0.2) is 0 Å². The van der Waals surface area contributed by atoms with Gasteiger partial charge in [0.2, 0.25) is 0 Å². The normalized spacial score (nSPS) is 24.6. The van der Waals surface area contributed by atoms with Gasteiger partial charge in [-0.25, -0.2) is 4.98 Å². The van der Waals surface area contributed by atoms with Crippen LogP contribution < -0.4 is 5.32 Å². The van der Waals surface area contributed by atoms with Crippen molar-refractivity contribution in [2.24, 2.45) is 13.0 Å².